The molecule has 2 heterocycles. The average Bonchev–Trinajstić information content (AvgIpc) is 2.98. The Morgan fingerprint density at radius 1 is 1.52 bits per heavy atom. The summed E-state index contributed by atoms with van der Waals surface area (Å²) in [4.78, 5) is 20.2. The first-order chi connectivity index (χ1) is 10.2. The molecule has 1 aliphatic carbocycles. The Labute approximate surface area is 129 Å². The zero-order chi connectivity index (χ0) is 14.8. The van der Waals surface area contributed by atoms with Crippen molar-refractivity contribution < 1.29 is 9.53 Å². The molecular formula is C15H23N3O2S. The van der Waals surface area contributed by atoms with Crippen molar-refractivity contribution in [2.45, 2.75) is 44.6 Å². The Kier molecular flexibility index (Phi) is 4.45. The highest BCUT2D eigenvalue weighted by Crippen LogP contribution is 2.39. The van der Waals surface area contributed by atoms with Crippen molar-refractivity contribution in [3.8, 4) is 0 Å². The van der Waals surface area contributed by atoms with E-state index in [1.165, 1.54) is 24.3 Å². The number of nitrogens with one attached hydrogen (secondary N) is 1. The molecule has 116 valence electrons. The van der Waals surface area contributed by atoms with Crippen LogP contribution in [0.4, 0.5) is 5.13 Å². The minimum atomic E-state index is -0.152. The third kappa shape index (κ3) is 3.21. The molecule has 5 nitrogen and oxygen atoms in total. The molecule has 0 saturated carbocycles. The molecular weight excluding hydrogens is 286 g/mol. The first kappa shape index (κ1) is 14.8. The Morgan fingerprint density at radius 3 is 3.14 bits per heavy atom. The predicted octanol–water partition coefficient (Wildman–Crippen LogP) is 2.24. The van der Waals surface area contributed by atoms with Crippen molar-refractivity contribution >= 4 is 22.4 Å². The molecule has 0 bridgehead atoms. The number of thiazole rings is 1. The van der Waals surface area contributed by atoms with Crippen molar-refractivity contribution in [1.29, 1.82) is 0 Å². The molecule has 1 aromatic heterocycles. The van der Waals surface area contributed by atoms with Crippen LogP contribution in [-0.2, 0) is 16.0 Å². The van der Waals surface area contributed by atoms with Gasteiger partial charge in [0.15, 0.2) is 5.13 Å². The predicted molar refractivity (Wildman–Crippen MR) is 84.0 cm³/mol. The maximum atomic E-state index is 12.0. The molecule has 1 fully saturated rings. The van der Waals surface area contributed by atoms with Gasteiger partial charge in [0.25, 0.3) is 0 Å². The van der Waals surface area contributed by atoms with E-state index in [0.29, 0.717) is 12.6 Å². The second kappa shape index (κ2) is 6.32. The summed E-state index contributed by atoms with van der Waals surface area (Å²) in [5.41, 5.74) is 0.949. The van der Waals surface area contributed by atoms with Gasteiger partial charge in [0.2, 0.25) is 0 Å². The van der Waals surface area contributed by atoms with Gasteiger partial charge in [-0.05, 0) is 46.2 Å². The highest BCUT2D eigenvalue weighted by molar-refractivity contribution is 7.15. The Balaban J connectivity index is 1.67. The number of hydrogen-bond donors (Lipinski definition) is 1. The van der Waals surface area contributed by atoms with Gasteiger partial charge in [0.05, 0.1) is 12.3 Å². The number of aryl methyl sites for hydroxylation is 1. The Hall–Kier alpha value is -1.14. The molecule has 0 aromatic carbocycles. The lowest BCUT2D eigenvalue weighted by atomic mass is 10.1. The van der Waals surface area contributed by atoms with Crippen molar-refractivity contribution in [3.05, 3.63) is 10.6 Å². The third-order valence-corrected chi connectivity index (χ3v) is 5.30. The standard InChI is InChI=1S/C15H23N3O2S/c1-3-20-14(19)11-6-7-12-13(11)17-15(21-12)16-10-5-4-8-18(2)9-10/h10-11H,3-9H2,1-2H3,(H,16,17). The van der Waals surface area contributed by atoms with Crippen molar-refractivity contribution in [1.82, 2.24) is 9.88 Å². The van der Waals surface area contributed by atoms with Crippen molar-refractivity contribution in [3.63, 3.8) is 0 Å². The van der Waals surface area contributed by atoms with Crippen LogP contribution in [0.3, 0.4) is 0 Å². The summed E-state index contributed by atoms with van der Waals surface area (Å²) in [6.07, 6.45) is 4.21. The molecule has 1 aliphatic heterocycles. The van der Waals surface area contributed by atoms with Crippen molar-refractivity contribution in [2.24, 2.45) is 0 Å². The van der Waals surface area contributed by atoms with E-state index in [1.807, 2.05) is 6.92 Å². The van der Waals surface area contributed by atoms with Crippen LogP contribution in [0.15, 0.2) is 0 Å². The van der Waals surface area contributed by atoms with Gasteiger partial charge in [-0.15, -0.1) is 11.3 Å². The SMILES string of the molecule is CCOC(=O)C1CCc2sc(NC3CCCN(C)C3)nc21. The molecule has 1 saturated heterocycles. The summed E-state index contributed by atoms with van der Waals surface area (Å²) in [7, 11) is 2.16. The van der Waals surface area contributed by atoms with Gasteiger partial charge in [-0.1, -0.05) is 0 Å². The van der Waals surface area contributed by atoms with Gasteiger partial charge in [0, 0.05) is 17.5 Å². The van der Waals surface area contributed by atoms with Gasteiger partial charge < -0.3 is 15.0 Å². The van der Waals surface area contributed by atoms with Crippen LogP contribution in [0.5, 0.6) is 0 Å². The number of aromatic nitrogens is 1. The Morgan fingerprint density at radius 2 is 2.38 bits per heavy atom. The molecule has 2 unspecified atom stereocenters. The van der Waals surface area contributed by atoms with E-state index < -0.39 is 0 Å². The number of nitrogens with zero attached hydrogens (tertiary/aromatic N) is 2. The zero-order valence-electron chi connectivity index (χ0n) is 12.7. The molecule has 6 heteroatoms. The lowest BCUT2D eigenvalue weighted by Gasteiger charge is -2.30. The highest BCUT2D eigenvalue weighted by atomic mass is 32.1. The topological polar surface area (TPSA) is 54.5 Å². The van der Waals surface area contributed by atoms with E-state index >= 15 is 0 Å². The molecule has 0 radical (unpaired) electrons. The second-order valence-electron chi connectivity index (χ2n) is 5.92. The number of ether oxygens (including phenoxy) is 1. The molecule has 21 heavy (non-hydrogen) atoms. The molecule has 1 N–H and O–H groups in total. The van der Waals surface area contributed by atoms with Gasteiger partial charge in [-0.25, -0.2) is 4.98 Å². The van der Waals surface area contributed by atoms with E-state index in [1.54, 1.807) is 11.3 Å². The van der Waals surface area contributed by atoms with Crippen molar-refractivity contribution in [2.75, 3.05) is 32.1 Å². The minimum absolute atomic E-state index is 0.120. The fraction of sp³-hybridized carbons (Fsp3) is 0.733. The van der Waals surface area contributed by atoms with E-state index in [9.17, 15) is 4.79 Å². The summed E-state index contributed by atoms with van der Waals surface area (Å²) in [6.45, 7) is 4.53. The maximum absolute atomic E-state index is 12.0. The van der Waals surface area contributed by atoms with Crippen LogP contribution in [0.25, 0.3) is 0 Å². The molecule has 2 atom stereocenters. The summed E-state index contributed by atoms with van der Waals surface area (Å²) in [6, 6.07) is 0.469. The number of fused-ring (bicyclic) bond motifs is 1. The molecule has 0 amide bonds. The lowest BCUT2D eigenvalue weighted by molar-refractivity contribution is -0.145. The van der Waals surface area contributed by atoms with Gasteiger partial charge in [-0.2, -0.15) is 0 Å². The quantitative estimate of drug-likeness (QED) is 0.865. The molecule has 0 spiro atoms. The van der Waals surface area contributed by atoms with Crippen LogP contribution in [-0.4, -0.2) is 48.6 Å². The molecule has 2 aliphatic rings. The van der Waals surface area contributed by atoms with E-state index in [4.69, 9.17) is 4.74 Å². The number of esters is 1. The Bertz CT molecular complexity index is 517. The maximum Gasteiger partial charge on any atom is 0.315 e. The summed E-state index contributed by atoms with van der Waals surface area (Å²) < 4.78 is 5.15. The van der Waals surface area contributed by atoms with Gasteiger partial charge in [0.1, 0.15) is 5.92 Å². The normalized spacial score (nSPS) is 25.6. The molecule has 3 rings (SSSR count). The average molecular weight is 309 g/mol. The van der Waals surface area contributed by atoms with E-state index in [2.05, 4.69) is 22.2 Å². The smallest absolute Gasteiger partial charge is 0.315 e. The monoisotopic (exact) mass is 309 g/mol. The number of likely N-dealkylation sites (tertiary alicyclic amines) is 1. The second-order valence-corrected chi connectivity index (χ2v) is 7.00. The van der Waals surface area contributed by atoms with Crippen LogP contribution in [0.1, 0.15) is 42.7 Å². The number of anilines is 1. The largest absolute Gasteiger partial charge is 0.465 e. The zero-order valence-corrected chi connectivity index (χ0v) is 13.5. The van der Waals surface area contributed by atoms with Crippen LogP contribution >= 0.6 is 11.3 Å². The highest BCUT2D eigenvalue weighted by Gasteiger charge is 2.34. The minimum Gasteiger partial charge on any atom is -0.465 e. The third-order valence-electron chi connectivity index (χ3n) is 4.24. The van der Waals surface area contributed by atoms with E-state index in [-0.39, 0.29) is 11.9 Å². The summed E-state index contributed by atoms with van der Waals surface area (Å²) >= 11 is 1.71. The first-order valence-corrected chi connectivity index (χ1v) is 8.60. The molecule has 1 aromatic rings. The number of carbonyl (C=O) groups is 1. The number of carbonyl (C=O) groups excluding carboxylic acids is 1. The fourth-order valence-corrected chi connectivity index (χ4v) is 4.34. The summed E-state index contributed by atoms with van der Waals surface area (Å²) in [5.74, 6) is -0.272. The number of piperidine rings is 1. The summed E-state index contributed by atoms with van der Waals surface area (Å²) in [5, 5.41) is 4.51. The van der Waals surface area contributed by atoms with Gasteiger partial charge in [-0.3, -0.25) is 4.79 Å². The lowest BCUT2D eigenvalue weighted by Crippen LogP contribution is -2.39. The first-order valence-electron chi connectivity index (χ1n) is 7.78. The van der Waals surface area contributed by atoms with Crippen LogP contribution in [0.2, 0.25) is 0 Å². The van der Waals surface area contributed by atoms with Crippen LogP contribution < -0.4 is 5.32 Å². The van der Waals surface area contributed by atoms with Gasteiger partial charge >= 0.3 is 5.97 Å². The van der Waals surface area contributed by atoms with Crippen LogP contribution in [0, 0.1) is 0 Å². The number of rotatable bonds is 4. The number of likely N-dealkylation sites (N-methyl/N-ethyl adjacent to an activating group) is 1. The fourth-order valence-electron chi connectivity index (χ4n) is 3.22. The number of hydrogen-bond acceptors (Lipinski definition) is 6. The van der Waals surface area contributed by atoms with E-state index in [0.717, 1.165) is 30.2 Å².